The molecule has 126 valence electrons. The maximum Gasteiger partial charge on any atom is 0.122 e. The summed E-state index contributed by atoms with van der Waals surface area (Å²) in [6.45, 7) is 7.60. The zero-order valence-electron chi connectivity index (χ0n) is 14.2. The van der Waals surface area contributed by atoms with Gasteiger partial charge in [-0.3, -0.25) is 4.90 Å². The number of hydrogen-bond donors (Lipinski definition) is 0. The Labute approximate surface area is 144 Å². The molecule has 23 heavy (non-hydrogen) atoms. The van der Waals surface area contributed by atoms with E-state index in [-0.39, 0.29) is 0 Å². The third-order valence-corrected chi connectivity index (χ3v) is 4.60. The lowest BCUT2D eigenvalue weighted by Gasteiger charge is -2.28. The van der Waals surface area contributed by atoms with Gasteiger partial charge in [0, 0.05) is 43.7 Å². The number of methoxy groups -OCH3 is 1. The largest absolute Gasteiger partial charge is 0.383 e. The second kappa shape index (κ2) is 9.06. The van der Waals surface area contributed by atoms with Crippen molar-refractivity contribution in [1.29, 1.82) is 0 Å². The summed E-state index contributed by atoms with van der Waals surface area (Å²) in [7, 11) is 1.72. The first-order valence-electron chi connectivity index (χ1n) is 8.12. The average Bonchev–Trinajstić information content (AvgIpc) is 3.00. The lowest BCUT2D eigenvalue weighted by atomic mass is 10.1. The van der Waals surface area contributed by atoms with Gasteiger partial charge in [-0.05, 0) is 25.0 Å². The molecule has 0 saturated carbocycles. The number of halogens is 1. The van der Waals surface area contributed by atoms with Crippen LogP contribution in [0.4, 0.5) is 0 Å². The number of rotatable bonds is 9. The first kappa shape index (κ1) is 18.0. The summed E-state index contributed by atoms with van der Waals surface area (Å²) < 4.78 is 7.33. The van der Waals surface area contributed by atoms with Crippen molar-refractivity contribution in [2.45, 2.75) is 45.9 Å². The Balaban J connectivity index is 2.13. The van der Waals surface area contributed by atoms with E-state index in [4.69, 9.17) is 16.3 Å². The van der Waals surface area contributed by atoms with E-state index in [1.807, 2.05) is 30.6 Å². The molecule has 5 heteroatoms. The monoisotopic (exact) mass is 335 g/mol. The van der Waals surface area contributed by atoms with Gasteiger partial charge in [0.05, 0.1) is 13.2 Å². The molecule has 0 aliphatic carbocycles. The molecule has 1 aromatic heterocycles. The van der Waals surface area contributed by atoms with Crippen LogP contribution in [0, 0.1) is 0 Å². The van der Waals surface area contributed by atoms with Crippen LogP contribution in [0.5, 0.6) is 0 Å². The first-order valence-corrected chi connectivity index (χ1v) is 8.49. The van der Waals surface area contributed by atoms with Gasteiger partial charge in [0.1, 0.15) is 5.82 Å². The van der Waals surface area contributed by atoms with Crippen LogP contribution in [0.1, 0.15) is 31.7 Å². The zero-order valence-corrected chi connectivity index (χ0v) is 15.0. The van der Waals surface area contributed by atoms with Gasteiger partial charge >= 0.3 is 0 Å². The molecule has 1 heterocycles. The van der Waals surface area contributed by atoms with E-state index in [2.05, 4.69) is 34.4 Å². The number of ether oxygens (including phenoxy) is 1. The topological polar surface area (TPSA) is 30.3 Å². The molecule has 0 N–H and O–H groups in total. The fourth-order valence-electron chi connectivity index (χ4n) is 2.54. The van der Waals surface area contributed by atoms with Gasteiger partial charge in [-0.1, -0.05) is 36.7 Å². The number of imidazole rings is 1. The van der Waals surface area contributed by atoms with Gasteiger partial charge in [0.25, 0.3) is 0 Å². The van der Waals surface area contributed by atoms with Gasteiger partial charge in [-0.25, -0.2) is 4.98 Å². The number of nitrogens with zero attached hydrogens (tertiary/aromatic N) is 3. The van der Waals surface area contributed by atoms with E-state index in [0.717, 1.165) is 42.5 Å². The van der Waals surface area contributed by atoms with Gasteiger partial charge < -0.3 is 9.30 Å². The van der Waals surface area contributed by atoms with Crippen LogP contribution >= 0.6 is 11.6 Å². The van der Waals surface area contributed by atoms with Gasteiger partial charge in [-0.2, -0.15) is 0 Å². The van der Waals surface area contributed by atoms with E-state index >= 15 is 0 Å². The predicted molar refractivity (Wildman–Crippen MR) is 94.6 cm³/mol. The van der Waals surface area contributed by atoms with Crippen molar-refractivity contribution in [3.8, 4) is 0 Å². The second-order valence-corrected chi connectivity index (χ2v) is 6.19. The maximum absolute atomic E-state index is 6.33. The summed E-state index contributed by atoms with van der Waals surface area (Å²) in [4.78, 5) is 6.95. The molecule has 2 rings (SSSR count). The van der Waals surface area contributed by atoms with Crippen molar-refractivity contribution in [2.24, 2.45) is 0 Å². The smallest absolute Gasteiger partial charge is 0.122 e. The summed E-state index contributed by atoms with van der Waals surface area (Å²) in [5.41, 5.74) is 1.16. The fraction of sp³-hybridized carbons (Fsp3) is 0.500. The van der Waals surface area contributed by atoms with Crippen LogP contribution in [0.2, 0.25) is 5.02 Å². The van der Waals surface area contributed by atoms with E-state index in [9.17, 15) is 0 Å². The highest BCUT2D eigenvalue weighted by atomic mass is 35.5. The molecule has 0 aliphatic heterocycles. The maximum atomic E-state index is 6.33. The van der Waals surface area contributed by atoms with Crippen LogP contribution in [0.15, 0.2) is 36.7 Å². The predicted octanol–water partition coefficient (Wildman–Crippen LogP) is 3.98. The number of hydrogen-bond acceptors (Lipinski definition) is 3. The lowest BCUT2D eigenvalue weighted by Crippen LogP contribution is -2.33. The quantitative estimate of drug-likeness (QED) is 0.694. The molecule has 0 amide bonds. The van der Waals surface area contributed by atoms with Crippen molar-refractivity contribution >= 4 is 11.6 Å². The molecule has 0 radical (unpaired) electrons. The van der Waals surface area contributed by atoms with E-state index < -0.39 is 0 Å². The van der Waals surface area contributed by atoms with E-state index in [0.29, 0.717) is 12.6 Å². The zero-order chi connectivity index (χ0) is 16.7. The first-order chi connectivity index (χ1) is 11.2. The highest BCUT2D eigenvalue weighted by Gasteiger charge is 2.17. The highest BCUT2D eigenvalue weighted by Crippen LogP contribution is 2.20. The van der Waals surface area contributed by atoms with Crippen LogP contribution in [0.3, 0.4) is 0 Å². The van der Waals surface area contributed by atoms with Crippen LogP contribution in [-0.4, -0.2) is 34.2 Å². The number of aromatic nitrogens is 2. The lowest BCUT2D eigenvalue weighted by molar-refractivity contribution is 0.168. The standard InChI is InChI=1S/C18H26ClN3O/c1-4-15(2)22(13-16-7-5-6-8-17(16)19)14-18-20-9-10-21(18)11-12-23-3/h5-10,15H,4,11-14H2,1-3H3. The van der Waals surface area contributed by atoms with Crippen molar-refractivity contribution in [1.82, 2.24) is 14.5 Å². The Morgan fingerprint density at radius 1 is 1.30 bits per heavy atom. The molecule has 0 spiro atoms. The van der Waals surface area contributed by atoms with Gasteiger partial charge in [0.2, 0.25) is 0 Å². The summed E-state index contributed by atoms with van der Waals surface area (Å²) in [6.07, 6.45) is 4.96. The Kier molecular flexibility index (Phi) is 7.09. The highest BCUT2D eigenvalue weighted by molar-refractivity contribution is 6.31. The summed E-state index contributed by atoms with van der Waals surface area (Å²) >= 11 is 6.33. The molecular weight excluding hydrogens is 310 g/mol. The van der Waals surface area contributed by atoms with Crippen LogP contribution in [0.25, 0.3) is 0 Å². The third-order valence-electron chi connectivity index (χ3n) is 4.23. The molecule has 1 unspecified atom stereocenters. The molecule has 1 aromatic carbocycles. The Morgan fingerprint density at radius 3 is 2.78 bits per heavy atom. The van der Waals surface area contributed by atoms with Crippen LogP contribution in [-0.2, 0) is 24.4 Å². The van der Waals surface area contributed by atoms with Crippen LogP contribution < -0.4 is 0 Å². The Morgan fingerprint density at radius 2 is 2.09 bits per heavy atom. The molecule has 0 saturated heterocycles. The molecule has 0 fully saturated rings. The van der Waals surface area contributed by atoms with E-state index in [1.165, 1.54) is 0 Å². The summed E-state index contributed by atoms with van der Waals surface area (Å²) in [6, 6.07) is 8.51. The summed E-state index contributed by atoms with van der Waals surface area (Å²) in [5, 5.41) is 0.823. The molecular formula is C18H26ClN3O. The minimum absolute atomic E-state index is 0.457. The number of benzene rings is 1. The van der Waals surface area contributed by atoms with Crippen molar-refractivity contribution in [3.05, 3.63) is 53.1 Å². The van der Waals surface area contributed by atoms with Crippen molar-refractivity contribution < 1.29 is 4.74 Å². The Hall–Kier alpha value is -1.36. The SMILES string of the molecule is CCC(C)N(Cc1ccccc1Cl)Cc1nccn1CCOC. The summed E-state index contributed by atoms with van der Waals surface area (Å²) in [5.74, 6) is 1.06. The van der Waals surface area contributed by atoms with E-state index in [1.54, 1.807) is 7.11 Å². The molecule has 2 aromatic rings. The molecule has 0 bridgehead atoms. The van der Waals surface area contributed by atoms with Gasteiger partial charge in [0.15, 0.2) is 0 Å². The third kappa shape index (κ3) is 5.06. The normalized spacial score (nSPS) is 12.7. The van der Waals surface area contributed by atoms with Crippen molar-refractivity contribution in [3.63, 3.8) is 0 Å². The van der Waals surface area contributed by atoms with Gasteiger partial charge in [-0.15, -0.1) is 0 Å². The minimum Gasteiger partial charge on any atom is -0.383 e. The molecule has 0 aliphatic rings. The van der Waals surface area contributed by atoms with Crippen molar-refractivity contribution in [2.75, 3.05) is 13.7 Å². The Bertz CT molecular complexity index is 599. The minimum atomic E-state index is 0.457. The molecule has 1 atom stereocenters. The average molecular weight is 336 g/mol. The fourth-order valence-corrected chi connectivity index (χ4v) is 2.73. The molecule has 4 nitrogen and oxygen atoms in total. The second-order valence-electron chi connectivity index (χ2n) is 5.78.